The van der Waals surface area contributed by atoms with Crippen molar-refractivity contribution in [3.8, 4) is 0 Å². The van der Waals surface area contributed by atoms with Gasteiger partial charge in [-0.3, -0.25) is 4.79 Å². The molecule has 3 N–H and O–H groups in total. The van der Waals surface area contributed by atoms with Crippen LogP contribution >= 0.6 is 0 Å². The maximum Gasteiger partial charge on any atom is 0.303 e. The minimum Gasteiger partial charge on any atom is -0.481 e. The number of carbonyl (C=O) groups is 1. The van der Waals surface area contributed by atoms with E-state index in [0.29, 0.717) is 6.42 Å². The SMILES string of the molecule is O=C(O)CCC1NCCCC1O. The molecule has 0 aromatic carbocycles. The summed E-state index contributed by atoms with van der Waals surface area (Å²) in [6, 6.07) is -0.0187. The number of aliphatic carboxylic acids is 1. The minimum absolute atomic E-state index is 0.0187. The summed E-state index contributed by atoms with van der Waals surface area (Å²) in [5.74, 6) is -0.797. The van der Waals surface area contributed by atoms with Gasteiger partial charge in [0.15, 0.2) is 0 Å². The number of hydrogen-bond acceptors (Lipinski definition) is 3. The second kappa shape index (κ2) is 4.42. The molecule has 0 aromatic heterocycles. The lowest BCUT2D eigenvalue weighted by atomic mass is 9.97. The largest absolute Gasteiger partial charge is 0.481 e. The molecule has 0 spiro atoms. The smallest absolute Gasteiger partial charge is 0.303 e. The van der Waals surface area contributed by atoms with Crippen molar-refractivity contribution in [1.29, 1.82) is 0 Å². The minimum atomic E-state index is -0.797. The van der Waals surface area contributed by atoms with Crippen LogP contribution in [0.15, 0.2) is 0 Å². The topological polar surface area (TPSA) is 69.6 Å². The zero-order chi connectivity index (χ0) is 8.97. The first-order valence-corrected chi connectivity index (χ1v) is 4.33. The van der Waals surface area contributed by atoms with Crippen molar-refractivity contribution >= 4 is 5.97 Å². The van der Waals surface area contributed by atoms with Gasteiger partial charge in [-0.2, -0.15) is 0 Å². The highest BCUT2D eigenvalue weighted by Crippen LogP contribution is 2.12. The number of hydrogen-bond donors (Lipinski definition) is 3. The number of carboxylic acid groups (broad SMARTS) is 1. The lowest BCUT2D eigenvalue weighted by Gasteiger charge is -2.28. The van der Waals surface area contributed by atoms with E-state index in [1.165, 1.54) is 0 Å². The lowest BCUT2D eigenvalue weighted by Crippen LogP contribution is -2.44. The molecule has 1 saturated heterocycles. The van der Waals surface area contributed by atoms with Crippen molar-refractivity contribution in [3.05, 3.63) is 0 Å². The molecule has 1 fully saturated rings. The second-order valence-electron chi connectivity index (χ2n) is 3.20. The number of nitrogens with one attached hydrogen (secondary N) is 1. The fourth-order valence-electron chi connectivity index (χ4n) is 1.51. The van der Waals surface area contributed by atoms with Crippen LogP contribution in [0.3, 0.4) is 0 Å². The van der Waals surface area contributed by atoms with Crippen molar-refractivity contribution in [2.24, 2.45) is 0 Å². The molecule has 1 heterocycles. The average molecular weight is 173 g/mol. The van der Waals surface area contributed by atoms with Crippen LogP contribution in [0.25, 0.3) is 0 Å². The molecule has 0 radical (unpaired) electrons. The molecule has 4 nitrogen and oxygen atoms in total. The quantitative estimate of drug-likeness (QED) is 0.560. The van der Waals surface area contributed by atoms with Crippen LogP contribution in [0, 0.1) is 0 Å². The van der Waals surface area contributed by atoms with E-state index in [1.807, 2.05) is 0 Å². The summed E-state index contributed by atoms with van der Waals surface area (Å²) in [5.41, 5.74) is 0. The number of carboxylic acids is 1. The van der Waals surface area contributed by atoms with E-state index in [1.54, 1.807) is 0 Å². The van der Waals surface area contributed by atoms with Crippen LogP contribution in [0.5, 0.6) is 0 Å². The van der Waals surface area contributed by atoms with Gasteiger partial charge in [0.1, 0.15) is 0 Å². The molecular formula is C8H15NO3. The summed E-state index contributed by atoms with van der Waals surface area (Å²) >= 11 is 0. The van der Waals surface area contributed by atoms with E-state index in [4.69, 9.17) is 5.11 Å². The third kappa shape index (κ3) is 2.79. The van der Waals surface area contributed by atoms with Gasteiger partial charge in [0.25, 0.3) is 0 Å². The van der Waals surface area contributed by atoms with Crippen LogP contribution in [0.1, 0.15) is 25.7 Å². The molecule has 2 atom stereocenters. The second-order valence-corrected chi connectivity index (χ2v) is 3.20. The predicted octanol–water partition coefficient (Wildman–Crippen LogP) is -0.0359. The number of rotatable bonds is 3. The van der Waals surface area contributed by atoms with Gasteiger partial charge in [0.05, 0.1) is 6.10 Å². The van der Waals surface area contributed by atoms with E-state index in [0.717, 1.165) is 19.4 Å². The van der Waals surface area contributed by atoms with Gasteiger partial charge >= 0.3 is 5.97 Å². The summed E-state index contributed by atoms with van der Waals surface area (Å²) in [6.07, 6.45) is 2.06. The normalized spacial score (nSPS) is 30.1. The Morgan fingerprint density at radius 3 is 2.92 bits per heavy atom. The molecule has 1 aliphatic heterocycles. The Hall–Kier alpha value is -0.610. The first-order valence-electron chi connectivity index (χ1n) is 4.33. The third-order valence-corrected chi connectivity index (χ3v) is 2.22. The zero-order valence-electron chi connectivity index (χ0n) is 6.99. The van der Waals surface area contributed by atoms with Gasteiger partial charge in [-0.15, -0.1) is 0 Å². The van der Waals surface area contributed by atoms with Crippen LogP contribution in [-0.2, 0) is 4.79 Å². The Morgan fingerprint density at radius 2 is 2.33 bits per heavy atom. The van der Waals surface area contributed by atoms with Gasteiger partial charge in [0, 0.05) is 12.5 Å². The van der Waals surface area contributed by atoms with Crippen molar-refractivity contribution in [2.75, 3.05) is 6.54 Å². The van der Waals surface area contributed by atoms with Crippen LogP contribution < -0.4 is 5.32 Å². The highest BCUT2D eigenvalue weighted by molar-refractivity contribution is 5.66. The van der Waals surface area contributed by atoms with E-state index in [2.05, 4.69) is 5.32 Å². The average Bonchev–Trinajstić information content (AvgIpc) is 2.03. The van der Waals surface area contributed by atoms with Crippen molar-refractivity contribution in [1.82, 2.24) is 5.32 Å². The molecule has 0 saturated carbocycles. The van der Waals surface area contributed by atoms with Gasteiger partial charge in [-0.1, -0.05) is 0 Å². The molecule has 1 aliphatic rings. The fourth-order valence-corrected chi connectivity index (χ4v) is 1.51. The molecule has 70 valence electrons. The molecule has 4 heteroatoms. The number of aliphatic hydroxyl groups is 1. The van der Waals surface area contributed by atoms with Gasteiger partial charge < -0.3 is 15.5 Å². The van der Waals surface area contributed by atoms with E-state index in [-0.39, 0.29) is 18.6 Å². The maximum atomic E-state index is 10.2. The van der Waals surface area contributed by atoms with Gasteiger partial charge in [-0.25, -0.2) is 0 Å². The highest BCUT2D eigenvalue weighted by Gasteiger charge is 2.22. The maximum absolute atomic E-state index is 10.2. The van der Waals surface area contributed by atoms with Crippen LogP contribution in [0.2, 0.25) is 0 Å². The number of aliphatic hydroxyl groups excluding tert-OH is 1. The predicted molar refractivity (Wildman–Crippen MR) is 43.9 cm³/mol. The van der Waals surface area contributed by atoms with E-state index in [9.17, 15) is 9.90 Å². The van der Waals surface area contributed by atoms with Crippen molar-refractivity contribution in [2.45, 2.75) is 37.8 Å². The zero-order valence-corrected chi connectivity index (χ0v) is 6.99. The summed E-state index contributed by atoms with van der Waals surface area (Å²) in [5, 5.41) is 21.0. The van der Waals surface area contributed by atoms with Crippen molar-refractivity contribution < 1.29 is 15.0 Å². The molecule has 1 rings (SSSR count). The Labute approximate surface area is 71.6 Å². The standard InChI is InChI=1S/C8H15NO3/c10-7-2-1-5-9-6(7)3-4-8(11)12/h6-7,9-10H,1-5H2,(H,11,12). The summed E-state index contributed by atoms with van der Waals surface area (Å²) in [6.45, 7) is 0.890. The Balaban J connectivity index is 2.24. The third-order valence-electron chi connectivity index (χ3n) is 2.22. The Bertz CT molecular complexity index is 160. The molecule has 12 heavy (non-hydrogen) atoms. The lowest BCUT2D eigenvalue weighted by molar-refractivity contribution is -0.137. The van der Waals surface area contributed by atoms with E-state index < -0.39 is 5.97 Å². The monoisotopic (exact) mass is 173 g/mol. The molecule has 0 aliphatic carbocycles. The molecule has 0 bridgehead atoms. The molecule has 0 aromatic rings. The summed E-state index contributed by atoms with van der Waals surface area (Å²) in [4.78, 5) is 10.2. The Kier molecular flexibility index (Phi) is 3.49. The first-order chi connectivity index (χ1) is 5.70. The first kappa shape index (κ1) is 9.48. The highest BCUT2D eigenvalue weighted by atomic mass is 16.4. The summed E-state index contributed by atoms with van der Waals surface area (Å²) < 4.78 is 0. The number of piperidine rings is 1. The molecule has 2 unspecified atom stereocenters. The van der Waals surface area contributed by atoms with Crippen LogP contribution in [0.4, 0.5) is 0 Å². The fraction of sp³-hybridized carbons (Fsp3) is 0.875. The molecule has 0 amide bonds. The van der Waals surface area contributed by atoms with E-state index >= 15 is 0 Å². The summed E-state index contributed by atoms with van der Waals surface area (Å²) in [7, 11) is 0. The van der Waals surface area contributed by atoms with Gasteiger partial charge in [-0.05, 0) is 25.8 Å². The van der Waals surface area contributed by atoms with Gasteiger partial charge in [0.2, 0.25) is 0 Å². The van der Waals surface area contributed by atoms with Crippen LogP contribution in [-0.4, -0.2) is 34.9 Å². The molecular weight excluding hydrogens is 158 g/mol. The van der Waals surface area contributed by atoms with Crippen molar-refractivity contribution in [3.63, 3.8) is 0 Å². The Morgan fingerprint density at radius 1 is 1.58 bits per heavy atom.